The van der Waals surface area contributed by atoms with Gasteiger partial charge in [0.2, 0.25) is 5.91 Å². The number of hydrogen-bond acceptors (Lipinski definition) is 4. The molecule has 0 heterocycles. The molecule has 7 nitrogen and oxygen atoms in total. The second kappa shape index (κ2) is 6.69. The van der Waals surface area contributed by atoms with E-state index in [2.05, 4.69) is 5.32 Å². The third-order valence-corrected chi connectivity index (χ3v) is 3.44. The van der Waals surface area contributed by atoms with Gasteiger partial charge in [0.25, 0.3) is 11.6 Å². The van der Waals surface area contributed by atoms with E-state index >= 15 is 0 Å². The lowest BCUT2D eigenvalue weighted by molar-refractivity contribution is -0.385. The molecule has 0 saturated heterocycles. The lowest BCUT2D eigenvalue weighted by Crippen LogP contribution is -2.37. The van der Waals surface area contributed by atoms with E-state index in [1.165, 1.54) is 25.1 Å². The molecular formula is C16H15N3O4. The normalized spacial score (nSPS) is 11.5. The van der Waals surface area contributed by atoms with Crippen LogP contribution < -0.4 is 11.1 Å². The Bertz CT molecular complexity index is 759. The fourth-order valence-corrected chi connectivity index (χ4v) is 2.24. The summed E-state index contributed by atoms with van der Waals surface area (Å²) < 4.78 is 0. The van der Waals surface area contributed by atoms with E-state index < -0.39 is 22.8 Å². The van der Waals surface area contributed by atoms with Crippen LogP contribution in [0.5, 0.6) is 0 Å². The average Bonchev–Trinajstić information content (AvgIpc) is 2.52. The summed E-state index contributed by atoms with van der Waals surface area (Å²) in [4.78, 5) is 34.4. The molecule has 2 amide bonds. The van der Waals surface area contributed by atoms with Gasteiger partial charge in [-0.2, -0.15) is 0 Å². The van der Waals surface area contributed by atoms with Gasteiger partial charge in [-0.25, -0.2) is 0 Å². The quantitative estimate of drug-likeness (QED) is 0.647. The first-order chi connectivity index (χ1) is 10.9. The molecule has 2 aromatic carbocycles. The molecule has 118 valence electrons. The van der Waals surface area contributed by atoms with Crippen molar-refractivity contribution < 1.29 is 14.5 Å². The highest BCUT2D eigenvalue weighted by molar-refractivity contribution is 5.99. The fraction of sp³-hybridized carbons (Fsp3) is 0.125. The van der Waals surface area contributed by atoms with Gasteiger partial charge in [0.05, 0.1) is 4.92 Å². The third kappa shape index (κ3) is 3.52. The maximum atomic E-state index is 12.4. The number of amides is 2. The average molecular weight is 313 g/mol. The highest BCUT2D eigenvalue weighted by atomic mass is 16.6. The van der Waals surface area contributed by atoms with E-state index in [1.807, 2.05) is 0 Å². The van der Waals surface area contributed by atoms with Crippen LogP contribution in [0.4, 0.5) is 5.69 Å². The Balaban J connectivity index is 2.32. The van der Waals surface area contributed by atoms with Gasteiger partial charge in [-0.05, 0) is 18.6 Å². The lowest BCUT2D eigenvalue weighted by Gasteiger charge is -2.16. The van der Waals surface area contributed by atoms with Crippen LogP contribution in [-0.2, 0) is 4.79 Å². The molecule has 0 radical (unpaired) electrons. The summed E-state index contributed by atoms with van der Waals surface area (Å²) in [6.45, 7) is 1.48. The number of nitrogens with zero attached hydrogens (tertiary/aromatic N) is 1. The molecule has 3 N–H and O–H groups in total. The predicted octanol–water partition coefficient (Wildman–Crippen LogP) is 1.86. The van der Waals surface area contributed by atoms with Crippen molar-refractivity contribution in [1.29, 1.82) is 0 Å². The van der Waals surface area contributed by atoms with E-state index in [0.717, 1.165) is 0 Å². The lowest BCUT2D eigenvalue weighted by atomic mass is 10.0. The number of hydrogen-bond donors (Lipinski definition) is 2. The zero-order valence-electron chi connectivity index (χ0n) is 12.4. The number of rotatable bonds is 5. The minimum atomic E-state index is -1.01. The van der Waals surface area contributed by atoms with Crippen LogP contribution in [0.15, 0.2) is 48.5 Å². The number of nitro groups is 1. The van der Waals surface area contributed by atoms with Crippen LogP contribution in [0, 0.1) is 17.0 Å². The molecule has 0 aromatic heterocycles. The zero-order chi connectivity index (χ0) is 17.0. The van der Waals surface area contributed by atoms with Gasteiger partial charge in [0.15, 0.2) is 0 Å². The minimum Gasteiger partial charge on any atom is -0.368 e. The molecule has 0 saturated carbocycles. The number of carbonyl (C=O) groups excluding carboxylic acids is 2. The Morgan fingerprint density at radius 3 is 2.35 bits per heavy atom. The van der Waals surface area contributed by atoms with Gasteiger partial charge >= 0.3 is 0 Å². The Kier molecular flexibility index (Phi) is 4.70. The standard InChI is InChI=1S/C16H15N3O4/c1-10-12(8-5-9-13(10)19(22)23)16(21)18-14(15(17)20)11-6-3-2-4-7-11/h2-9,14H,1H3,(H2,17,20)(H,18,21). The smallest absolute Gasteiger partial charge is 0.273 e. The van der Waals surface area contributed by atoms with Crippen molar-refractivity contribution in [3.63, 3.8) is 0 Å². The zero-order valence-corrected chi connectivity index (χ0v) is 12.4. The highest BCUT2D eigenvalue weighted by Crippen LogP contribution is 2.22. The van der Waals surface area contributed by atoms with Crippen molar-refractivity contribution in [3.05, 3.63) is 75.3 Å². The predicted molar refractivity (Wildman–Crippen MR) is 83.7 cm³/mol. The maximum Gasteiger partial charge on any atom is 0.273 e. The van der Waals surface area contributed by atoms with Crippen LogP contribution >= 0.6 is 0 Å². The van der Waals surface area contributed by atoms with Gasteiger partial charge in [-0.3, -0.25) is 19.7 Å². The fourth-order valence-electron chi connectivity index (χ4n) is 2.24. The molecular weight excluding hydrogens is 298 g/mol. The highest BCUT2D eigenvalue weighted by Gasteiger charge is 2.23. The van der Waals surface area contributed by atoms with E-state index in [1.54, 1.807) is 30.3 Å². The van der Waals surface area contributed by atoms with Crippen molar-refractivity contribution in [2.75, 3.05) is 0 Å². The number of nitrogens with two attached hydrogens (primary N) is 1. The number of carbonyl (C=O) groups is 2. The summed E-state index contributed by atoms with van der Waals surface area (Å²) in [5.74, 6) is -1.31. The van der Waals surface area contributed by atoms with Gasteiger partial charge in [0.1, 0.15) is 6.04 Å². The maximum absolute atomic E-state index is 12.4. The van der Waals surface area contributed by atoms with Crippen LogP contribution in [0.2, 0.25) is 0 Å². The first-order valence-corrected chi connectivity index (χ1v) is 6.81. The summed E-state index contributed by atoms with van der Waals surface area (Å²) >= 11 is 0. The van der Waals surface area contributed by atoms with Crippen molar-refractivity contribution in [2.24, 2.45) is 5.73 Å². The van der Waals surface area contributed by atoms with Gasteiger partial charge < -0.3 is 11.1 Å². The van der Waals surface area contributed by atoms with Crippen molar-refractivity contribution >= 4 is 17.5 Å². The van der Waals surface area contributed by atoms with E-state index in [0.29, 0.717) is 5.56 Å². The summed E-state index contributed by atoms with van der Waals surface area (Å²) in [6, 6.07) is 11.7. The van der Waals surface area contributed by atoms with E-state index in [9.17, 15) is 19.7 Å². The Labute approximate surface area is 132 Å². The van der Waals surface area contributed by atoms with Gasteiger partial charge in [0, 0.05) is 17.2 Å². The third-order valence-electron chi connectivity index (χ3n) is 3.44. The first kappa shape index (κ1) is 16.2. The van der Waals surface area contributed by atoms with Crippen LogP contribution in [0.3, 0.4) is 0 Å². The Morgan fingerprint density at radius 2 is 1.78 bits per heavy atom. The first-order valence-electron chi connectivity index (χ1n) is 6.81. The minimum absolute atomic E-state index is 0.126. The Hall–Kier alpha value is -3.22. The molecule has 0 fully saturated rings. The largest absolute Gasteiger partial charge is 0.368 e. The van der Waals surface area contributed by atoms with Crippen LogP contribution in [0.1, 0.15) is 27.5 Å². The molecule has 2 aromatic rings. The molecule has 0 aliphatic carbocycles. The van der Waals surface area contributed by atoms with E-state index in [4.69, 9.17) is 5.73 Å². The number of primary amides is 1. The second-order valence-corrected chi connectivity index (χ2v) is 4.93. The molecule has 0 aliphatic rings. The molecule has 7 heteroatoms. The van der Waals surface area contributed by atoms with Gasteiger partial charge in [-0.15, -0.1) is 0 Å². The number of benzene rings is 2. The molecule has 1 atom stereocenters. The van der Waals surface area contributed by atoms with Crippen LogP contribution in [-0.4, -0.2) is 16.7 Å². The molecule has 1 unspecified atom stereocenters. The molecule has 0 bridgehead atoms. The van der Waals surface area contributed by atoms with Crippen molar-refractivity contribution in [2.45, 2.75) is 13.0 Å². The van der Waals surface area contributed by atoms with E-state index in [-0.39, 0.29) is 16.8 Å². The monoisotopic (exact) mass is 313 g/mol. The molecule has 2 rings (SSSR count). The van der Waals surface area contributed by atoms with Crippen molar-refractivity contribution in [1.82, 2.24) is 5.32 Å². The summed E-state index contributed by atoms with van der Waals surface area (Å²) in [6.07, 6.45) is 0. The summed E-state index contributed by atoms with van der Waals surface area (Å²) in [5, 5.41) is 13.5. The number of nitrogens with one attached hydrogen (secondary N) is 1. The topological polar surface area (TPSA) is 115 Å². The van der Waals surface area contributed by atoms with Crippen LogP contribution in [0.25, 0.3) is 0 Å². The SMILES string of the molecule is Cc1c(C(=O)NC(C(N)=O)c2ccccc2)cccc1[N+](=O)[O-]. The summed E-state index contributed by atoms with van der Waals surface area (Å²) in [5.41, 5.74) is 6.08. The second-order valence-electron chi connectivity index (χ2n) is 4.93. The Morgan fingerprint density at radius 1 is 1.13 bits per heavy atom. The number of nitro benzene ring substituents is 1. The molecule has 23 heavy (non-hydrogen) atoms. The van der Waals surface area contributed by atoms with Gasteiger partial charge in [-0.1, -0.05) is 36.4 Å². The molecule has 0 spiro atoms. The van der Waals surface area contributed by atoms with Crippen molar-refractivity contribution in [3.8, 4) is 0 Å². The molecule has 0 aliphatic heterocycles. The summed E-state index contributed by atoms with van der Waals surface area (Å²) in [7, 11) is 0.